The highest BCUT2D eigenvalue weighted by molar-refractivity contribution is 4.81. The topological polar surface area (TPSA) is 30.9 Å². The number of rotatable bonds is 11. The minimum Gasteiger partial charge on any atom is -0.381 e. The standard InChI is InChI=1S/C17H33NO3/c1-14(2)21-17-10-16(11-17)20-9-5-8-19-7-4-6-15-12-18(3)13-15/h14-17H,4-13H2,1-3H3. The van der Waals surface area contributed by atoms with Crippen molar-refractivity contribution in [3.63, 3.8) is 0 Å². The third kappa shape index (κ3) is 6.64. The van der Waals surface area contributed by atoms with E-state index < -0.39 is 0 Å². The molecule has 21 heavy (non-hydrogen) atoms. The first-order chi connectivity index (χ1) is 10.1. The molecule has 124 valence electrons. The molecule has 2 fully saturated rings. The molecule has 0 unspecified atom stereocenters. The molecule has 1 heterocycles. The van der Waals surface area contributed by atoms with E-state index in [0.717, 1.165) is 45.0 Å². The van der Waals surface area contributed by atoms with Gasteiger partial charge in [0.05, 0.1) is 18.3 Å². The van der Waals surface area contributed by atoms with E-state index in [0.29, 0.717) is 18.3 Å². The minimum atomic E-state index is 0.338. The number of nitrogens with zero attached hydrogens (tertiary/aromatic N) is 1. The van der Waals surface area contributed by atoms with Gasteiger partial charge in [-0.05, 0) is 58.9 Å². The molecule has 0 aromatic carbocycles. The van der Waals surface area contributed by atoms with Crippen LogP contribution in [0.5, 0.6) is 0 Å². The maximum absolute atomic E-state index is 5.81. The van der Waals surface area contributed by atoms with Crippen molar-refractivity contribution in [1.29, 1.82) is 0 Å². The van der Waals surface area contributed by atoms with Gasteiger partial charge in [0.1, 0.15) is 0 Å². The van der Waals surface area contributed by atoms with E-state index in [1.54, 1.807) is 0 Å². The molecule has 0 radical (unpaired) electrons. The van der Waals surface area contributed by atoms with Crippen LogP contribution < -0.4 is 0 Å². The van der Waals surface area contributed by atoms with Crippen molar-refractivity contribution >= 4 is 0 Å². The zero-order chi connectivity index (χ0) is 15.1. The van der Waals surface area contributed by atoms with Crippen molar-refractivity contribution in [3.05, 3.63) is 0 Å². The molecule has 1 aliphatic carbocycles. The summed E-state index contributed by atoms with van der Waals surface area (Å²) in [6, 6.07) is 0. The zero-order valence-corrected chi connectivity index (χ0v) is 14.1. The van der Waals surface area contributed by atoms with Gasteiger partial charge in [0.15, 0.2) is 0 Å². The van der Waals surface area contributed by atoms with Crippen LogP contribution in [-0.4, -0.2) is 63.2 Å². The Kier molecular flexibility index (Phi) is 7.44. The quantitative estimate of drug-likeness (QED) is 0.549. The summed E-state index contributed by atoms with van der Waals surface area (Å²) in [5.41, 5.74) is 0. The third-order valence-electron chi connectivity index (χ3n) is 4.34. The predicted octanol–water partition coefficient (Wildman–Crippen LogP) is 2.71. The Balaban J connectivity index is 1.29. The van der Waals surface area contributed by atoms with Crippen molar-refractivity contribution in [2.24, 2.45) is 5.92 Å². The van der Waals surface area contributed by atoms with Crippen LogP contribution in [0.25, 0.3) is 0 Å². The Morgan fingerprint density at radius 1 is 1.00 bits per heavy atom. The molecule has 4 heteroatoms. The van der Waals surface area contributed by atoms with Crippen LogP contribution in [0.3, 0.4) is 0 Å². The van der Waals surface area contributed by atoms with Crippen LogP contribution in [0.2, 0.25) is 0 Å². The van der Waals surface area contributed by atoms with E-state index in [1.165, 1.54) is 25.9 Å². The SMILES string of the molecule is CC(C)OC1CC(OCCCOCCCC2CN(C)C2)C1. The van der Waals surface area contributed by atoms with Gasteiger partial charge in [-0.3, -0.25) is 0 Å². The molecule has 2 rings (SSSR count). The minimum absolute atomic E-state index is 0.338. The van der Waals surface area contributed by atoms with Crippen molar-refractivity contribution < 1.29 is 14.2 Å². The highest BCUT2D eigenvalue weighted by atomic mass is 16.5. The van der Waals surface area contributed by atoms with E-state index in [9.17, 15) is 0 Å². The van der Waals surface area contributed by atoms with Crippen LogP contribution in [0.15, 0.2) is 0 Å². The molecule has 0 aromatic rings. The Morgan fingerprint density at radius 2 is 1.71 bits per heavy atom. The average molecular weight is 299 g/mol. The number of likely N-dealkylation sites (tertiary alicyclic amines) is 1. The van der Waals surface area contributed by atoms with Gasteiger partial charge in [0.2, 0.25) is 0 Å². The lowest BCUT2D eigenvalue weighted by Crippen LogP contribution is -2.43. The second-order valence-corrected chi connectivity index (χ2v) is 6.97. The fraction of sp³-hybridized carbons (Fsp3) is 1.00. The van der Waals surface area contributed by atoms with Crippen LogP contribution in [0.4, 0.5) is 0 Å². The van der Waals surface area contributed by atoms with Crippen LogP contribution in [-0.2, 0) is 14.2 Å². The largest absolute Gasteiger partial charge is 0.381 e. The van der Waals surface area contributed by atoms with E-state index in [2.05, 4.69) is 25.8 Å². The van der Waals surface area contributed by atoms with E-state index in [1.807, 2.05) is 0 Å². The molecule has 0 aromatic heterocycles. The smallest absolute Gasteiger partial charge is 0.0628 e. The highest BCUT2D eigenvalue weighted by Gasteiger charge is 2.31. The fourth-order valence-corrected chi connectivity index (χ4v) is 3.15. The summed E-state index contributed by atoms with van der Waals surface area (Å²) >= 11 is 0. The molecule has 0 atom stereocenters. The number of ether oxygens (including phenoxy) is 3. The lowest BCUT2D eigenvalue weighted by molar-refractivity contribution is -0.119. The van der Waals surface area contributed by atoms with Gasteiger partial charge < -0.3 is 19.1 Å². The Bertz CT molecular complexity index is 273. The molecule has 0 bridgehead atoms. The van der Waals surface area contributed by atoms with Crippen molar-refractivity contribution in [1.82, 2.24) is 4.90 Å². The summed E-state index contributed by atoms with van der Waals surface area (Å²) in [4.78, 5) is 2.38. The van der Waals surface area contributed by atoms with Crippen LogP contribution in [0.1, 0.15) is 46.0 Å². The average Bonchev–Trinajstić information content (AvgIpc) is 2.35. The molecular formula is C17H33NO3. The monoisotopic (exact) mass is 299 g/mol. The van der Waals surface area contributed by atoms with Gasteiger partial charge in [-0.1, -0.05) is 0 Å². The lowest BCUT2D eigenvalue weighted by Gasteiger charge is -2.36. The summed E-state index contributed by atoms with van der Waals surface area (Å²) in [5.74, 6) is 0.918. The maximum Gasteiger partial charge on any atom is 0.0628 e. The highest BCUT2D eigenvalue weighted by Crippen LogP contribution is 2.27. The van der Waals surface area contributed by atoms with Crippen molar-refractivity contribution in [2.75, 3.05) is 40.0 Å². The van der Waals surface area contributed by atoms with E-state index >= 15 is 0 Å². The van der Waals surface area contributed by atoms with Crippen LogP contribution in [0, 0.1) is 5.92 Å². The molecule has 0 amide bonds. The maximum atomic E-state index is 5.81. The fourth-order valence-electron chi connectivity index (χ4n) is 3.15. The first-order valence-corrected chi connectivity index (χ1v) is 8.67. The molecule has 1 saturated heterocycles. The van der Waals surface area contributed by atoms with Crippen molar-refractivity contribution in [3.8, 4) is 0 Å². The molecule has 1 saturated carbocycles. The first kappa shape index (κ1) is 17.2. The van der Waals surface area contributed by atoms with Crippen molar-refractivity contribution in [2.45, 2.75) is 64.3 Å². The zero-order valence-electron chi connectivity index (χ0n) is 14.1. The summed E-state index contributed by atoms with van der Waals surface area (Å²) in [6.45, 7) is 9.31. The summed E-state index contributed by atoms with van der Waals surface area (Å²) < 4.78 is 17.2. The summed E-state index contributed by atoms with van der Waals surface area (Å²) in [5, 5.41) is 0. The molecule has 4 nitrogen and oxygen atoms in total. The summed E-state index contributed by atoms with van der Waals surface area (Å²) in [7, 11) is 2.19. The van der Waals surface area contributed by atoms with Gasteiger partial charge >= 0.3 is 0 Å². The van der Waals surface area contributed by atoms with Gasteiger partial charge in [-0.25, -0.2) is 0 Å². The van der Waals surface area contributed by atoms with E-state index in [4.69, 9.17) is 14.2 Å². The molecule has 1 aliphatic heterocycles. The van der Waals surface area contributed by atoms with Gasteiger partial charge in [0.25, 0.3) is 0 Å². The molecule has 2 aliphatic rings. The Hall–Kier alpha value is -0.160. The molecular weight excluding hydrogens is 266 g/mol. The molecule has 0 spiro atoms. The van der Waals surface area contributed by atoms with Gasteiger partial charge in [-0.2, -0.15) is 0 Å². The normalized spacial score (nSPS) is 26.9. The second kappa shape index (κ2) is 9.09. The first-order valence-electron chi connectivity index (χ1n) is 8.67. The number of hydrogen-bond acceptors (Lipinski definition) is 4. The Labute approximate surface area is 130 Å². The lowest BCUT2D eigenvalue weighted by atomic mass is 9.92. The van der Waals surface area contributed by atoms with Gasteiger partial charge in [-0.15, -0.1) is 0 Å². The molecule has 0 N–H and O–H groups in total. The van der Waals surface area contributed by atoms with E-state index in [-0.39, 0.29) is 0 Å². The van der Waals surface area contributed by atoms with Gasteiger partial charge in [0, 0.05) is 32.9 Å². The number of hydrogen-bond donors (Lipinski definition) is 0. The Morgan fingerprint density at radius 3 is 2.38 bits per heavy atom. The third-order valence-corrected chi connectivity index (χ3v) is 4.34. The summed E-state index contributed by atoms with van der Waals surface area (Å²) in [6.07, 6.45) is 6.85. The van der Waals surface area contributed by atoms with Crippen LogP contribution >= 0.6 is 0 Å². The second-order valence-electron chi connectivity index (χ2n) is 6.97. The predicted molar refractivity (Wildman–Crippen MR) is 84.6 cm³/mol.